The average molecular weight is 446 g/mol. The molecule has 0 spiro atoms. The van der Waals surface area contributed by atoms with E-state index in [1.54, 1.807) is 4.90 Å². The Morgan fingerprint density at radius 1 is 1.06 bits per heavy atom. The van der Waals surface area contributed by atoms with Crippen molar-refractivity contribution in [2.75, 3.05) is 46.4 Å². The van der Waals surface area contributed by atoms with Gasteiger partial charge in [0.1, 0.15) is 11.4 Å². The van der Waals surface area contributed by atoms with Crippen LogP contribution in [0.25, 0.3) is 0 Å². The molecule has 0 saturated carbocycles. The Bertz CT molecular complexity index is 766. The molecule has 7 nitrogen and oxygen atoms in total. The average Bonchev–Trinajstić information content (AvgIpc) is 2.76. The van der Waals surface area contributed by atoms with Crippen molar-refractivity contribution in [3.8, 4) is 5.75 Å². The van der Waals surface area contributed by atoms with E-state index in [0.29, 0.717) is 12.5 Å². The predicted molar refractivity (Wildman–Crippen MR) is 125 cm³/mol. The highest BCUT2D eigenvalue weighted by Crippen LogP contribution is 2.30. The molecule has 2 saturated heterocycles. The van der Waals surface area contributed by atoms with Gasteiger partial charge in [0.25, 0.3) is 0 Å². The first-order chi connectivity index (χ1) is 15.1. The van der Waals surface area contributed by atoms with Crippen LogP contribution < -0.4 is 4.74 Å². The first-order valence-corrected chi connectivity index (χ1v) is 11.8. The van der Waals surface area contributed by atoms with Gasteiger partial charge in [-0.3, -0.25) is 9.69 Å². The highest BCUT2D eigenvalue weighted by Gasteiger charge is 2.29. The summed E-state index contributed by atoms with van der Waals surface area (Å²) in [7, 11) is 1.87. The molecule has 0 bridgehead atoms. The second-order valence-corrected chi connectivity index (χ2v) is 9.98. The van der Waals surface area contributed by atoms with Gasteiger partial charge in [-0.05, 0) is 70.6 Å². The molecule has 2 aliphatic rings. The summed E-state index contributed by atoms with van der Waals surface area (Å²) in [6.45, 7) is 12.4. The smallest absolute Gasteiger partial charge is 0.410 e. The summed E-state index contributed by atoms with van der Waals surface area (Å²) in [5.41, 5.74) is 0.843. The monoisotopic (exact) mass is 445 g/mol. The quantitative estimate of drug-likeness (QED) is 0.625. The first kappa shape index (κ1) is 24.4. The molecule has 0 radical (unpaired) electrons. The second kappa shape index (κ2) is 10.6. The van der Waals surface area contributed by atoms with Gasteiger partial charge < -0.3 is 19.3 Å². The number of nitrogens with zero attached hydrogens (tertiary/aromatic N) is 3. The third-order valence-corrected chi connectivity index (χ3v) is 6.36. The maximum atomic E-state index is 12.2. The number of amides is 2. The molecule has 1 atom stereocenters. The van der Waals surface area contributed by atoms with Crippen LogP contribution in [0, 0.1) is 0 Å². The van der Waals surface area contributed by atoms with Gasteiger partial charge in [0, 0.05) is 39.8 Å². The minimum absolute atomic E-state index is 0.0465. The Morgan fingerprint density at radius 2 is 1.72 bits per heavy atom. The molecule has 2 heterocycles. The maximum Gasteiger partial charge on any atom is 0.410 e. The van der Waals surface area contributed by atoms with Gasteiger partial charge in [0.15, 0.2) is 0 Å². The summed E-state index contributed by atoms with van der Waals surface area (Å²) >= 11 is 0. The highest BCUT2D eigenvalue weighted by atomic mass is 16.6. The molecular weight excluding hydrogens is 406 g/mol. The fraction of sp³-hybridized carbons (Fsp3) is 0.680. The lowest BCUT2D eigenvalue weighted by atomic mass is 9.89. The first-order valence-electron chi connectivity index (χ1n) is 11.8. The van der Waals surface area contributed by atoms with E-state index in [1.807, 2.05) is 51.8 Å². The van der Waals surface area contributed by atoms with Gasteiger partial charge in [-0.2, -0.15) is 0 Å². The lowest BCUT2D eigenvalue weighted by molar-refractivity contribution is -0.139. The summed E-state index contributed by atoms with van der Waals surface area (Å²) in [4.78, 5) is 30.2. The molecule has 2 aliphatic heterocycles. The number of piperidine rings is 1. The number of piperazine rings is 1. The summed E-state index contributed by atoms with van der Waals surface area (Å²) < 4.78 is 11.4. The van der Waals surface area contributed by atoms with Crippen LogP contribution in [0.5, 0.6) is 5.75 Å². The van der Waals surface area contributed by atoms with E-state index in [1.165, 1.54) is 5.56 Å². The molecule has 32 heavy (non-hydrogen) atoms. The molecular formula is C25H39N3O4. The lowest BCUT2D eigenvalue weighted by Gasteiger charge is -2.37. The molecule has 0 N–H and O–H groups in total. The molecule has 3 rings (SSSR count). The standard InChI is InChI=1S/C25H39N3O4/c1-19-23(29)26(5)16-17-27(19)13-6-18-31-22-9-7-20(8-10-22)21-11-14-28(15-12-21)24(30)32-25(2,3)4/h7-10,19,21H,6,11-18H2,1-5H3. The lowest BCUT2D eigenvalue weighted by Crippen LogP contribution is -2.54. The van der Waals surface area contributed by atoms with Crippen LogP contribution in [0.2, 0.25) is 0 Å². The normalized spacial score (nSPS) is 21.0. The third kappa shape index (κ3) is 6.61. The summed E-state index contributed by atoms with van der Waals surface area (Å²) in [6, 6.07) is 8.32. The minimum atomic E-state index is -0.454. The number of likely N-dealkylation sites (tertiary alicyclic amines) is 1. The van der Waals surface area contributed by atoms with E-state index < -0.39 is 5.60 Å². The summed E-state index contributed by atoms with van der Waals surface area (Å²) in [5.74, 6) is 1.53. The van der Waals surface area contributed by atoms with Crippen LogP contribution in [0.15, 0.2) is 24.3 Å². The van der Waals surface area contributed by atoms with E-state index in [0.717, 1.165) is 57.7 Å². The number of benzene rings is 1. The molecule has 178 valence electrons. The van der Waals surface area contributed by atoms with E-state index in [2.05, 4.69) is 17.0 Å². The van der Waals surface area contributed by atoms with Gasteiger partial charge in [0.05, 0.1) is 12.6 Å². The van der Waals surface area contributed by atoms with Gasteiger partial charge in [-0.15, -0.1) is 0 Å². The SMILES string of the molecule is CC1C(=O)N(C)CCN1CCCOc1ccc(C2CCN(C(=O)OC(C)(C)C)CC2)cc1. The van der Waals surface area contributed by atoms with Crippen molar-refractivity contribution in [1.82, 2.24) is 14.7 Å². The fourth-order valence-corrected chi connectivity index (χ4v) is 4.38. The Hall–Kier alpha value is -2.28. The zero-order valence-electron chi connectivity index (χ0n) is 20.3. The molecule has 7 heteroatoms. The molecule has 1 unspecified atom stereocenters. The molecule has 1 aromatic carbocycles. The fourth-order valence-electron chi connectivity index (χ4n) is 4.38. The number of carbonyl (C=O) groups is 2. The molecule has 0 aromatic heterocycles. The van der Waals surface area contributed by atoms with Crippen molar-refractivity contribution in [2.24, 2.45) is 0 Å². The van der Waals surface area contributed by atoms with Crippen LogP contribution in [-0.4, -0.2) is 84.7 Å². The number of hydrogen-bond donors (Lipinski definition) is 0. The minimum Gasteiger partial charge on any atom is -0.494 e. The number of likely N-dealkylation sites (N-methyl/N-ethyl adjacent to an activating group) is 1. The van der Waals surface area contributed by atoms with Gasteiger partial charge >= 0.3 is 6.09 Å². The number of hydrogen-bond acceptors (Lipinski definition) is 5. The van der Waals surface area contributed by atoms with Crippen molar-refractivity contribution in [3.63, 3.8) is 0 Å². The number of ether oxygens (including phenoxy) is 2. The highest BCUT2D eigenvalue weighted by molar-refractivity contribution is 5.81. The molecule has 2 fully saturated rings. The molecule has 0 aliphatic carbocycles. The third-order valence-electron chi connectivity index (χ3n) is 6.36. The maximum absolute atomic E-state index is 12.2. The number of carbonyl (C=O) groups excluding carboxylic acids is 2. The van der Waals surface area contributed by atoms with Crippen molar-refractivity contribution in [2.45, 2.75) is 64.5 Å². The molecule has 1 aromatic rings. The zero-order valence-corrected chi connectivity index (χ0v) is 20.3. The second-order valence-electron chi connectivity index (χ2n) is 9.98. The Labute approximate surface area is 192 Å². The van der Waals surface area contributed by atoms with E-state index in [-0.39, 0.29) is 18.0 Å². The van der Waals surface area contributed by atoms with Crippen LogP contribution in [0.1, 0.15) is 58.4 Å². The van der Waals surface area contributed by atoms with Crippen LogP contribution >= 0.6 is 0 Å². The van der Waals surface area contributed by atoms with Crippen molar-refractivity contribution in [3.05, 3.63) is 29.8 Å². The van der Waals surface area contributed by atoms with Crippen molar-refractivity contribution >= 4 is 12.0 Å². The zero-order chi connectivity index (χ0) is 23.3. The Balaban J connectivity index is 1.38. The van der Waals surface area contributed by atoms with Gasteiger partial charge in [-0.25, -0.2) is 4.79 Å². The van der Waals surface area contributed by atoms with Gasteiger partial charge in [0.2, 0.25) is 5.91 Å². The largest absolute Gasteiger partial charge is 0.494 e. The van der Waals surface area contributed by atoms with Gasteiger partial charge in [-0.1, -0.05) is 12.1 Å². The van der Waals surface area contributed by atoms with Crippen LogP contribution in [0.4, 0.5) is 4.79 Å². The van der Waals surface area contributed by atoms with Crippen LogP contribution in [0.3, 0.4) is 0 Å². The van der Waals surface area contributed by atoms with E-state index >= 15 is 0 Å². The Kier molecular flexibility index (Phi) is 8.04. The predicted octanol–water partition coefficient (Wildman–Crippen LogP) is 3.73. The summed E-state index contributed by atoms with van der Waals surface area (Å²) in [6.07, 6.45) is 2.57. The summed E-state index contributed by atoms with van der Waals surface area (Å²) in [5, 5.41) is 0. The van der Waals surface area contributed by atoms with Crippen molar-refractivity contribution < 1.29 is 19.1 Å². The van der Waals surface area contributed by atoms with Crippen LogP contribution in [-0.2, 0) is 9.53 Å². The Morgan fingerprint density at radius 3 is 2.34 bits per heavy atom. The van der Waals surface area contributed by atoms with E-state index in [9.17, 15) is 9.59 Å². The van der Waals surface area contributed by atoms with E-state index in [4.69, 9.17) is 9.47 Å². The molecule has 2 amide bonds. The van der Waals surface area contributed by atoms with Crippen molar-refractivity contribution in [1.29, 1.82) is 0 Å². The topological polar surface area (TPSA) is 62.3 Å². The number of rotatable bonds is 6.